The monoisotopic (exact) mass is 159 g/mol. The molecule has 0 aromatic rings. The van der Waals surface area contributed by atoms with Crippen LogP contribution in [0.3, 0.4) is 0 Å². The van der Waals surface area contributed by atoms with Crippen molar-refractivity contribution in [3.8, 4) is 6.07 Å². The van der Waals surface area contributed by atoms with E-state index in [1.807, 2.05) is 13.0 Å². The minimum Gasteiger partial charge on any atom is -0.302 e. The highest BCUT2D eigenvalue weighted by Gasteiger charge is 2.06. The average molecular weight is 160 g/mol. The van der Waals surface area contributed by atoms with Gasteiger partial charge >= 0.3 is 0 Å². The first-order valence-corrected chi connectivity index (χ1v) is 3.63. The van der Waals surface area contributed by atoms with Crippen LogP contribution in [0.2, 0.25) is 0 Å². The molecule has 2 nitrogen and oxygen atoms in total. The highest BCUT2D eigenvalue weighted by atomic mass is 35.5. The molecule has 0 spiro atoms. The van der Waals surface area contributed by atoms with Crippen molar-refractivity contribution in [1.82, 2.24) is 0 Å². The van der Waals surface area contributed by atoms with Crippen LogP contribution in [0.15, 0.2) is 0 Å². The number of alkyl halides is 1. The summed E-state index contributed by atoms with van der Waals surface area (Å²) in [4.78, 5) is 10.1. The molecule has 2 unspecified atom stereocenters. The summed E-state index contributed by atoms with van der Waals surface area (Å²) in [5.74, 6) is -0.471. The molecule has 3 heteroatoms. The van der Waals surface area contributed by atoms with Gasteiger partial charge in [0.05, 0.1) is 6.07 Å². The predicted molar refractivity (Wildman–Crippen MR) is 39.7 cm³/mol. The van der Waals surface area contributed by atoms with Gasteiger partial charge in [0.1, 0.15) is 12.2 Å². The average Bonchev–Trinajstić information content (AvgIpc) is 1.90. The quantitative estimate of drug-likeness (QED) is 0.463. The maximum Gasteiger partial charge on any atom is 0.137 e. The predicted octanol–water partition coefficient (Wildman–Crippen LogP) is 1.73. The molecule has 2 atom stereocenters. The highest BCUT2D eigenvalue weighted by molar-refractivity contribution is 6.20. The molecule has 0 aliphatic rings. The second-order valence-electron chi connectivity index (χ2n) is 2.23. The number of nitriles is 1. The van der Waals surface area contributed by atoms with Crippen LogP contribution in [-0.2, 0) is 4.79 Å². The van der Waals surface area contributed by atoms with E-state index in [0.29, 0.717) is 12.7 Å². The van der Waals surface area contributed by atoms with Crippen LogP contribution in [0.1, 0.15) is 19.8 Å². The molecule has 0 radical (unpaired) electrons. The van der Waals surface area contributed by atoms with E-state index in [1.54, 1.807) is 0 Å². The third kappa shape index (κ3) is 4.34. The maximum atomic E-state index is 10.1. The Morgan fingerprint density at radius 1 is 1.70 bits per heavy atom. The molecule has 0 amide bonds. The third-order valence-electron chi connectivity index (χ3n) is 1.21. The Bertz CT molecular complexity index is 139. The lowest BCUT2D eigenvalue weighted by Gasteiger charge is -2.01. The van der Waals surface area contributed by atoms with Crippen molar-refractivity contribution in [3.05, 3.63) is 0 Å². The van der Waals surface area contributed by atoms with Crippen LogP contribution in [-0.4, -0.2) is 11.7 Å². The summed E-state index contributed by atoms with van der Waals surface area (Å²) in [6, 6.07) is 1.88. The molecule has 0 saturated carbocycles. The molecule has 10 heavy (non-hydrogen) atoms. The summed E-state index contributed by atoms with van der Waals surface area (Å²) in [6.07, 6.45) is 1.96. The lowest BCUT2D eigenvalue weighted by atomic mass is 10.1. The fourth-order valence-corrected chi connectivity index (χ4v) is 0.698. The molecular formula is C7H10ClNO. The molecule has 0 heterocycles. The second-order valence-corrected chi connectivity index (χ2v) is 2.97. The number of nitrogens with zero attached hydrogens (tertiary/aromatic N) is 1. The van der Waals surface area contributed by atoms with Gasteiger partial charge in [-0.15, -0.1) is 11.6 Å². The zero-order valence-corrected chi connectivity index (χ0v) is 6.64. The second kappa shape index (κ2) is 5.25. The first kappa shape index (κ1) is 9.45. The minimum absolute atomic E-state index is 0.0517. The molecule has 56 valence electrons. The molecule has 0 N–H and O–H groups in total. The Kier molecular flexibility index (Phi) is 4.96. The Hall–Kier alpha value is -0.550. The van der Waals surface area contributed by atoms with E-state index in [9.17, 15) is 4.79 Å². The first-order valence-electron chi connectivity index (χ1n) is 3.19. The topological polar surface area (TPSA) is 40.9 Å². The van der Waals surface area contributed by atoms with Crippen molar-refractivity contribution in [2.24, 2.45) is 5.92 Å². The fraction of sp³-hybridized carbons (Fsp3) is 0.714. The molecule has 0 saturated heterocycles. The number of carbonyl (C=O) groups excluding carboxylic acids is 1. The Labute approximate surface area is 65.8 Å². The fourth-order valence-electron chi connectivity index (χ4n) is 0.572. The van der Waals surface area contributed by atoms with E-state index >= 15 is 0 Å². The van der Waals surface area contributed by atoms with Crippen molar-refractivity contribution in [2.75, 3.05) is 0 Å². The molecule has 0 rings (SSSR count). The summed E-state index contributed by atoms with van der Waals surface area (Å²) in [5, 5.41) is 8.37. The number of hydrogen-bond donors (Lipinski definition) is 0. The normalized spacial score (nSPS) is 15.3. The van der Waals surface area contributed by atoms with Crippen LogP contribution >= 0.6 is 11.6 Å². The van der Waals surface area contributed by atoms with Gasteiger partial charge in [-0.3, -0.25) is 0 Å². The lowest BCUT2D eigenvalue weighted by molar-refractivity contribution is -0.109. The van der Waals surface area contributed by atoms with Gasteiger partial charge in [0.2, 0.25) is 0 Å². The Morgan fingerprint density at radius 3 is 2.60 bits per heavy atom. The van der Waals surface area contributed by atoms with Gasteiger partial charge in [-0.25, -0.2) is 0 Å². The van der Waals surface area contributed by atoms with E-state index < -0.39 is 5.92 Å². The van der Waals surface area contributed by atoms with E-state index in [4.69, 9.17) is 16.9 Å². The van der Waals surface area contributed by atoms with Crippen molar-refractivity contribution in [3.63, 3.8) is 0 Å². The Morgan fingerprint density at radius 2 is 2.30 bits per heavy atom. The summed E-state index contributed by atoms with van der Waals surface area (Å²) < 4.78 is 0. The number of carbonyl (C=O) groups is 1. The minimum atomic E-state index is -0.471. The highest BCUT2D eigenvalue weighted by Crippen LogP contribution is 2.08. The molecule has 0 aliphatic carbocycles. The smallest absolute Gasteiger partial charge is 0.137 e. The number of aldehydes is 1. The van der Waals surface area contributed by atoms with Gasteiger partial charge in [-0.1, -0.05) is 0 Å². The summed E-state index contributed by atoms with van der Waals surface area (Å²) >= 11 is 5.61. The zero-order valence-electron chi connectivity index (χ0n) is 5.88. The number of rotatable bonds is 4. The molecule has 0 aromatic carbocycles. The largest absolute Gasteiger partial charge is 0.302 e. The van der Waals surface area contributed by atoms with Gasteiger partial charge in [0.25, 0.3) is 0 Å². The van der Waals surface area contributed by atoms with Gasteiger partial charge < -0.3 is 4.79 Å². The molecular weight excluding hydrogens is 150 g/mol. The summed E-state index contributed by atoms with van der Waals surface area (Å²) in [7, 11) is 0. The lowest BCUT2D eigenvalue weighted by Crippen LogP contribution is -2.01. The number of halogens is 1. The van der Waals surface area contributed by atoms with Gasteiger partial charge in [0, 0.05) is 5.38 Å². The summed E-state index contributed by atoms with van der Waals surface area (Å²) in [6.45, 7) is 1.85. The standard InChI is InChI=1S/C7H10ClNO/c1-6(8)2-3-7(4-9)5-10/h5-7H,2-3H2,1H3. The van der Waals surface area contributed by atoms with Crippen molar-refractivity contribution >= 4 is 17.9 Å². The number of hydrogen-bond acceptors (Lipinski definition) is 2. The van der Waals surface area contributed by atoms with Crippen LogP contribution in [0.4, 0.5) is 0 Å². The van der Waals surface area contributed by atoms with Crippen molar-refractivity contribution in [1.29, 1.82) is 5.26 Å². The Balaban J connectivity index is 3.47. The van der Waals surface area contributed by atoms with Crippen LogP contribution < -0.4 is 0 Å². The molecule has 0 aliphatic heterocycles. The summed E-state index contributed by atoms with van der Waals surface area (Å²) in [5.41, 5.74) is 0. The molecule has 0 aromatic heterocycles. The van der Waals surface area contributed by atoms with Crippen LogP contribution in [0, 0.1) is 17.2 Å². The maximum absolute atomic E-state index is 10.1. The van der Waals surface area contributed by atoms with E-state index in [0.717, 1.165) is 6.42 Å². The van der Waals surface area contributed by atoms with Crippen LogP contribution in [0.5, 0.6) is 0 Å². The van der Waals surface area contributed by atoms with Gasteiger partial charge in [-0.05, 0) is 19.8 Å². The van der Waals surface area contributed by atoms with Crippen LogP contribution in [0.25, 0.3) is 0 Å². The van der Waals surface area contributed by atoms with Crippen molar-refractivity contribution < 1.29 is 4.79 Å². The zero-order chi connectivity index (χ0) is 7.98. The third-order valence-corrected chi connectivity index (χ3v) is 1.42. The van der Waals surface area contributed by atoms with Gasteiger partial charge in [-0.2, -0.15) is 5.26 Å². The SMILES string of the molecule is CC(Cl)CCC(C#N)C=O. The van der Waals surface area contributed by atoms with Crippen molar-refractivity contribution in [2.45, 2.75) is 25.1 Å². The molecule has 0 fully saturated rings. The molecule has 0 bridgehead atoms. The first-order chi connectivity index (χ1) is 4.70. The van der Waals surface area contributed by atoms with Gasteiger partial charge in [0.15, 0.2) is 0 Å². The van der Waals surface area contributed by atoms with E-state index in [-0.39, 0.29) is 5.38 Å². The van der Waals surface area contributed by atoms with E-state index in [1.165, 1.54) is 0 Å². The van der Waals surface area contributed by atoms with E-state index in [2.05, 4.69) is 0 Å².